The Morgan fingerprint density at radius 2 is 1.72 bits per heavy atom. The Bertz CT molecular complexity index is 961. The summed E-state index contributed by atoms with van der Waals surface area (Å²) in [5.74, 6) is -0.118. The number of nitrogen functional groups attached to an aromatic ring is 1. The lowest BCUT2D eigenvalue weighted by Gasteiger charge is -2.13. The smallest absolute Gasteiger partial charge is 0.254 e. The molecule has 0 spiro atoms. The van der Waals surface area contributed by atoms with E-state index in [0.29, 0.717) is 33.7 Å². The fraction of sp³-hybridized carbons (Fsp3) is 0.273. The van der Waals surface area contributed by atoms with Crippen molar-refractivity contribution in [2.24, 2.45) is 0 Å². The number of carbonyl (C=O) groups excluding carboxylic acids is 1. The quantitative estimate of drug-likeness (QED) is 0.589. The molecule has 0 aliphatic carbocycles. The van der Waals surface area contributed by atoms with Gasteiger partial charge in [-0.15, -0.1) is 0 Å². The van der Waals surface area contributed by atoms with Crippen molar-refractivity contribution < 1.29 is 18.7 Å². The zero-order valence-electron chi connectivity index (χ0n) is 17.7. The minimum Gasteiger partial charge on any atom is -0.496 e. The minimum atomic E-state index is -0.579. The molecule has 1 amide bonds. The molecule has 0 fully saturated rings. The predicted molar refractivity (Wildman–Crippen MR) is 115 cm³/mol. The molecule has 156 valence electrons. The number of halogens is 1. The van der Waals surface area contributed by atoms with Crippen LogP contribution in [0.1, 0.15) is 38.1 Å². The van der Waals surface area contributed by atoms with Gasteiger partial charge in [0.2, 0.25) is 0 Å². The molecule has 0 saturated carbocycles. The van der Waals surface area contributed by atoms with E-state index in [9.17, 15) is 9.18 Å². The van der Waals surface area contributed by atoms with Gasteiger partial charge in [0.15, 0.2) is 11.6 Å². The maximum atomic E-state index is 14.0. The van der Waals surface area contributed by atoms with Crippen LogP contribution in [0.15, 0.2) is 42.6 Å². The molecule has 0 atom stereocenters. The van der Waals surface area contributed by atoms with Gasteiger partial charge in [-0.1, -0.05) is 27.7 Å². The summed E-state index contributed by atoms with van der Waals surface area (Å²) in [6.07, 6.45) is 1.53. The molecule has 29 heavy (non-hydrogen) atoms. The molecular weight excluding hydrogens is 373 g/mol. The summed E-state index contributed by atoms with van der Waals surface area (Å²) in [6.45, 7) is 8.00. The second-order valence-corrected chi connectivity index (χ2v) is 5.25. The van der Waals surface area contributed by atoms with Crippen LogP contribution in [0.2, 0.25) is 0 Å². The van der Waals surface area contributed by atoms with Gasteiger partial charge in [0.05, 0.1) is 18.2 Å². The lowest BCUT2D eigenvalue weighted by molar-refractivity contribution is 0.0960. The molecule has 0 bridgehead atoms. The van der Waals surface area contributed by atoms with E-state index in [0.717, 1.165) is 0 Å². The van der Waals surface area contributed by atoms with E-state index >= 15 is 0 Å². The Balaban J connectivity index is 0.000000989. The molecule has 6 nitrogen and oxygen atoms in total. The standard InChI is InChI=1S/C18H16FN3O3.2C2H6/c1-21-18(23)12-8-11-14(9-17(12)24-2)22-6-5-15(11)25-16-4-3-10(20)7-13(16)19;2*1-2/h3-9H,20H2,1-2H3,(H,21,23);2*1-2H3. The number of nitrogens with zero attached hydrogens (tertiary/aromatic N) is 1. The summed E-state index contributed by atoms with van der Waals surface area (Å²) in [6, 6.07) is 8.99. The number of hydrogen-bond acceptors (Lipinski definition) is 5. The van der Waals surface area contributed by atoms with Gasteiger partial charge in [-0.3, -0.25) is 9.78 Å². The molecular formula is C22H28FN3O3. The zero-order valence-corrected chi connectivity index (χ0v) is 17.7. The van der Waals surface area contributed by atoms with E-state index in [1.54, 1.807) is 24.3 Å². The fourth-order valence-electron chi connectivity index (χ4n) is 2.44. The number of anilines is 1. The number of ether oxygens (including phenoxy) is 2. The number of benzene rings is 2. The SMILES string of the molecule is CC.CC.CNC(=O)c1cc2c(Oc3ccc(N)cc3F)ccnc2cc1OC. The van der Waals surface area contributed by atoms with Crippen molar-refractivity contribution >= 4 is 22.5 Å². The average Bonchev–Trinajstić information content (AvgIpc) is 2.77. The highest BCUT2D eigenvalue weighted by Crippen LogP contribution is 2.34. The number of fused-ring (bicyclic) bond motifs is 1. The van der Waals surface area contributed by atoms with E-state index in [1.807, 2.05) is 27.7 Å². The Hall–Kier alpha value is -3.35. The molecule has 3 rings (SSSR count). The van der Waals surface area contributed by atoms with Gasteiger partial charge < -0.3 is 20.5 Å². The predicted octanol–water partition coefficient (Wildman–Crippen LogP) is 5.17. The van der Waals surface area contributed by atoms with Crippen molar-refractivity contribution in [3.63, 3.8) is 0 Å². The Kier molecular flexibility index (Phi) is 9.38. The van der Waals surface area contributed by atoms with Gasteiger partial charge in [0.25, 0.3) is 5.91 Å². The monoisotopic (exact) mass is 401 g/mol. The van der Waals surface area contributed by atoms with Gasteiger partial charge in [-0.25, -0.2) is 4.39 Å². The van der Waals surface area contributed by atoms with Crippen molar-refractivity contribution in [3.05, 3.63) is 54.0 Å². The van der Waals surface area contributed by atoms with Gasteiger partial charge in [0, 0.05) is 36.5 Å². The zero-order chi connectivity index (χ0) is 22.0. The first-order chi connectivity index (χ1) is 14.0. The van der Waals surface area contributed by atoms with Crippen LogP contribution in [-0.4, -0.2) is 25.0 Å². The molecule has 0 aliphatic heterocycles. The maximum absolute atomic E-state index is 14.0. The molecule has 3 aromatic rings. The van der Waals surface area contributed by atoms with Crippen LogP contribution in [0.5, 0.6) is 17.2 Å². The maximum Gasteiger partial charge on any atom is 0.254 e. The highest BCUT2D eigenvalue weighted by atomic mass is 19.1. The summed E-state index contributed by atoms with van der Waals surface area (Å²) in [5.41, 5.74) is 6.73. The molecule has 0 aliphatic rings. The number of aromatic nitrogens is 1. The van der Waals surface area contributed by atoms with Crippen molar-refractivity contribution in [3.8, 4) is 17.2 Å². The molecule has 0 unspecified atom stereocenters. The van der Waals surface area contributed by atoms with Crippen LogP contribution in [0.4, 0.5) is 10.1 Å². The molecule has 2 aromatic carbocycles. The minimum absolute atomic E-state index is 0.0269. The van der Waals surface area contributed by atoms with Crippen molar-refractivity contribution in [1.82, 2.24) is 10.3 Å². The van der Waals surface area contributed by atoms with Gasteiger partial charge in [-0.05, 0) is 24.3 Å². The van der Waals surface area contributed by atoms with E-state index in [-0.39, 0.29) is 11.7 Å². The van der Waals surface area contributed by atoms with Crippen LogP contribution >= 0.6 is 0 Å². The summed E-state index contributed by atoms with van der Waals surface area (Å²) in [7, 11) is 2.99. The normalized spacial score (nSPS) is 9.48. The third-order valence-corrected chi connectivity index (χ3v) is 3.67. The summed E-state index contributed by atoms with van der Waals surface area (Å²) in [4.78, 5) is 16.3. The third-order valence-electron chi connectivity index (χ3n) is 3.67. The first kappa shape index (κ1) is 23.7. The molecule has 0 radical (unpaired) electrons. The highest BCUT2D eigenvalue weighted by Gasteiger charge is 2.16. The van der Waals surface area contributed by atoms with Gasteiger partial charge in [-0.2, -0.15) is 0 Å². The Morgan fingerprint density at radius 3 is 2.31 bits per heavy atom. The van der Waals surface area contributed by atoms with Crippen molar-refractivity contribution in [1.29, 1.82) is 0 Å². The van der Waals surface area contributed by atoms with Crippen molar-refractivity contribution in [2.75, 3.05) is 19.9 Å². The fourth-order valence-corrected chi connectivity index (χ4v) is 2.44. The second-order valence-electron chi connectivity index (χ2n) is 5.25. The number of pyridine rings is 1. The van der Waals surface area contributed by atoms with Crippen LogP contribution < -0.4 is 20.5 Å². The van der Waals surface area contributed by atoms with E-state index in [4.69, 9.17) is 15.2 Å². The highest BCUT2D eigenvalue weighted by molar-refractivity contribution is 6.02. The lowest BCUT2D eigenvalue weighted by Crippen LogP contribution is -2.18. The summed E-state index contributed by atoms with van der Waals surface area (Å²) in [5, 5.41) is 3.10. The topological polar surface area (TPSA) is 86.5 Å². The number of nitrogens with one attached hydrogen (secondary N) is 1. The number of nitrogens with two attached hydrogens (primary N) is 1. The van der Waals surface area contributed by atoms with Gasteiger partial charge >= 0.3 is 0 Å². The Morgan fingerprint density at radius 1 is 1.03 bits per heavy atom. The van der Waals surface area contributed by atoms with Crippen LogP contribution in [0.3, 0.4) is 0 Å². The van der Waals surface area contributed by atoms with Crippen molar-refractivity contribution in [2.45, 2.75) is 27.7 Å². The summed E-state index contributed by atoms with van der Waals surface area (Å²) >= 11 is 0. The van der Waals surface area contributed by atoms with E-state index in [1.165, 1.54) is 32.5 Å². The number of rotatable bonds is 4. The Labute approximate surface area is 170 Å². The van der Waals surface area contributed by atoms with Crippen LogP contribution in [0, 0.1) is 5.82 Å². The second kappa shape index (κ2) is 11.5. The first-order valence-corrected chi connectivity index (χ1v) is 9.45. The third kappa shape index (κ3) is 5.57. The number of carbonyl (C=O) groups is 1. The molecule has 3 N–H and O–H groups in total. The van der Waals surface area contributed by atoms with Crippen LogP contribution in [0.25, 0.3) is 10.9 Å². The summed E-state index contributed by atoms with van der Waals surface area (Å²) < 4.78 is 24.9. The van der Waals surface area contributed by atoms with E-state index < -0.39 is 5.82 Å². The first-order valence-electron chi connectivity index (χ1n) is 9.45. The van der Waals surface area contributed by atoms with Crippen LogP contribution in [-0.2, 0) is 0 Å². The molecule has 7 heteroatoms. The number of hydrogen-bond donors (Lipinski definition) is 2. The molecule has 1 aromatic heterocycles. The average molecular weight is 401 g/mol. The largest absolute Gasteiger partial charge is 0.496 e. The number of methoxy groups -OCH3 is 1. The molecule has 1 heterocycles. The number of amides is 1. The van der Waals surface area contributed by atoms with E-state index in [2.05, 4.69) is 10.3 Å². The van der Waals surface area contributed by atoms with Gasteiger partial charge in [0.1, 0.15) is 11.5 Å². The lowest BCUT2D eigenvalue weighted by atomic mass is 10.1. The molecule has 0 saturated heterocycles.